The first-order chi connectivity index (χ1) is 3.89. The fraction of sp³-hybridized carbons (Fsp3) is 0.143. The van der Waals surface area contributed by atoms with E-state index in [0.29, 0.717) is 0 Å². The van der Waals surface area contributed by atoms with Crippen molar-refractivity contribution in [2.24, 2.45) is 0 Å². The van der Waals surface area contributed by atoms with Gasteiger partial charge in [-0.1, -0.05) is 24.3 Å². The molecule has 0 aliphatic heterocycles. The standard InChI is InChI=1S/C7H9N/c8-7-5-3-1-2-4-6-7/h1-5H,6,8H2/p+1. The average Bonchev–Trinajstić information content (AvgIpc) is 1.94. The Hall–Kier alpha value is -0.820. The molecular weight excluding hydrogens is 98.1 g/mol. The molecule has 0 saturated heterocycles. The van der Waals surface area contributed by atoms with Gasteiger partial charge in [-0.05, 0) is 6.08 Å². The number of allylic oxidation sites excluding steroid dienone is 5. The van der Waals surface area contributed by atoms with Crippen molar-refractivity contribution in [3.8, 4) is 0 Å². The van der Waals surface area contributed by atoms with Gasteiger partial charge < -0.3 is 5.73 Å². The van der Waals surface area contributed by atoms with Crippen LogP contribution in [0.25, 0.3) is 0 Å². The third-order valence-electron chi connectivity index (χ3n) is 1.07. The lowest BCUT2D eigenvalue weighted by Gasteiger charge is -1.82. The van der Waals surface area contributed by atoms with Gasteiger partial charge in [0.05, 0.1) is 0 Å². The minimum atomic E-state index is 0.993. The molecule has 0 unspecified atom stereocenters. The monoisotopic (exact) mass is 108 g/mol. The second kappa shape index (κ2) is 2.48. The third kappa shape index (κ3) is 1.35. The lowest BCUT2D eigenvalue weighted by molar-refractivity contribution is -0.304. The zero-order valence-electron chi connectivity index (χ0n) is 4.80. The predicted molar refractivity (Wildman–Crippen MR) is 33.9 cm³/mol. The highest BCUT2D eigenvalue weighted by Gasteiger charge is 1.88. The van der Waals surface area contributed by atoms with E-state index in [9.17, 15) is 0 Å². The smallest absolute Gasteiger partial charge is 0.108 e. The highest BCUT2D eigenvalue weighted by atomic mass is 14.6. The van der Waals surface area contributed by atoms with E-state index < -0.39 is 0 Å². The van der Waals surface area contributed by atoms with E-state index in [4.69, 9.17) is 0 Å². The van der Waals surface area contributed by atoms with Crippen LogP contribution < -0.4 is 5.73 Å². The molecule has 0 radical (unpaired) electrons. The van der Waals surface area contributed by atoms with E-state index in [0.717, 1.165) is 6.42 Å². The molecule has 8 heavy (non-hydrogen) atoms. The molecule has 0 amide bonds. The molecule has 0 atom stereocenters. The second-order valence-corrected chi connectivity index (χ2v) is 1.84. The van der Waals surface area contributed by atoms with Crippen LogP contribution in [0.1, 0.15) is 6.42 Å². The average molecular weight is 108 g/mol. The maximum atomic E-state index is 3.82. The molecule has 0 spiro atoms. The molecule has 0 aromatic carbocycles. The fourth-order valence-electron chi connectivity index (χ4n) is 0.622. The Labute approximate surface area is 49.2 Å². The van der Waals surface area contributed by atoms with Gasteiger partial charge >= 0.3 is 0 Å². The minimum absolute atomic E-state index is 0.993. The van der Waals surface area contributed by atoms with Crippen molar-refractivity contribution in [2.45, 2.75) is 6.42 Å². The highest BCUT2D eigenvalue weighted by molar-refractivity contribution is 5.18. The molecule has 0 heterocycles. The SMILES string of the molecule is [NH3+]C1=CC=CC=CC1. The first-order valence-corrected chi connectivity index (χ1v) is 2.74. The number of quaternary nitrogens is 1. The Kier molecular flexibility index (Phi) is 1.65. The van der Waals surface area contributed by atoms with Gasteiger partial charge in [-0.2, -0.15) is 0 Å². The van der Waals surface area contributed by atoms with Crippen molar-refractivity contribution in [1.82, 2.24) is 0 Å². The topological polar surface area (TPSA) is 27.6 Å². The summed E-state index contributed by atoms with van der Waals surface area (Å²) in [6.45, 7) is 0. The molecule has 3 N–H and O–H groups in total. The molecular formula is C7H10N+. The number of rotatable bonds is 0. The van der Waals surface area contributed by atoms with Gasteiger partial charge in [-0.25, -0.2) is 0 Å². The largest absolute Gasteiger partial charge is 0.329 e. The Morgan fingerprint density at radius 2 is 2.12 bits per heavy atom. The summed E-state index contributed by atoms with van der Waals surface area (Å²) in [6, 6.07) is 0. The van der Waals surface area contributed by atoms with Gasteiger partial charge in [0.25, 0.3) is 0 Å². The van der Waals surface area contributed by atoms with Crippen LogP contribution in [-0.2, 0) is 0 Å². The van der Waals surface area contributed by atoms with Gasteiger partial charge in [0, 0.05) is 6.42 Å². The molecule has 0 saturated carbocycles. The van der Waals surface area contributed by atoms with E-state index >= 15 is 0 Å². The van der Waals surface area contributed by atoms with Crippen LogP contribution in [-0.4, -0.2) is 0 Å². The van der Waals surface area contributed by atoms with Crippen LogP contribution in [0.3, 0.4) is 0 Å². The van der Waals surface area contributed by atoms with E-state index in [1.54, 1.807) is 0 Å². The predicted octanol–water partition coefficient (Wildman–Crippen LogP) is 0.628. The van der Waals surface area contributed by atoms with Crippen molar-refractivity contribution < 1.29 is 5.73 Å². The minimum Gasteiger partial charge on any atom is -0.329 e. The molecule has 1 nitrogen and oxygen atoms in total. The molecule has 1 rings (SSSR count). The molecule has 1 aliphatic rings. The molecule has 42 valence electrons. The summed E-state index contributed by atoms with van der Waals surface area (Å²) < 4.78 is 0. The quantitative estimate of drug-likeness (QED) is 0.471. The summed E-state index contributed by atoms with van der Waals surface area (Å²) in [5.41, 5.74) is 4.99. The maximum absolute atomic E-state index is 3.82. The summed E-state index contributed by atoms with van der Waals surface area (Å²) in [5, 5.41) is 0. The van der Waals surface area contributed by atoms with Crippen LogP contribution in [0.5, 0.6) is 0 Å². The third-order valence-corrected chi connectivity index (χ3v) is 1.07. The van der Waals surface area contributed by atoms with Gasteiger partial charge in [-0.15, -0.1) is 0 Å². The van der Waals surface area contributed by atoms with Crippen molar-refractivity contribution in [2.75, 3.05) is 0 Å². The van der Waals surface area contributed by atoms with Gasteiger partial charge in [-0.3, -0.25) is 0 Å². The van der Waals surface area contributed by atoms with Gasteiger partial charge in [0.1, 0.15) is 5.70 Å². The highest BCUT2D eigenvalue weighted by Crippen LogP contribution is 1.96. The summed E-state index contributed by atoms with van der Waals surface area (Å²) >= 11 is 0. The zero-order chi connectivity index (χ0) is 5.82. The maximum Gasteiger partial charge on any atom is 0.108 e. The van der Waals surface area contributed by atoms with Crippen LogP contribution in [0.15, 0.2) is 36.1 Å². The molecule has 0 bridgehead atoms. The molecule has 1 aliphatic carbocycles. The Balaban J connectivity index is 2.69. The lowest BCUT2D eigenvalue weighted by Crippen LogP contribution is -2.46. The van der Waals surface area contributed by atoms with Crippen molar-refractivity contribution in [3.05, 3.63) is 36.1 Å². The lowest BCUT2D eigenvalue weighted by atomic mass is 10.3. The van der Waals surface area contributed by atoms with E-state index in [2.05, 4.69) is 11.8 Å². The summed E-state index contributed by atoms with van der Waals surface area (Å²) in [6.07, 6.45) is 11.2. The molecule has 0 aromatic heterocycles. The number of hydrogen-bond donors (Lipinski definition) is 1. The first kappa shape index (κ1) is 5.32. The first-order valence-electron chi connectivity index (χ1n) is 2.74. The van der Waals surface area contributed by atoms with Crippen LogP contribution >= 0.6 is 0 Å². The van der Waals surface area contributed by atoms with E-state index in [1.165, 1.54) is 5.70 Å². The Morgan fingerprint density at radius 3 is 3.00 bits per heavy atom. The van der Waals surface area contributed by atoms with Gasteiger partial charge in [0.15, 0.2) is 0 Å². The van der Waals surface area contributed by atoms with E-state index in [-0.39, 0.29) is 0 Å². The van der Waals surface area contributed by atoms with Gasteiger partial charge in [0.2, 0.25) is 0 Å². The molecule has 1 heteroatoms. The Morgan fingerprint density at radius 1 is 1.25 bits per heavy atom. The molecule has 0 fully saturated rings. The summed E-state index contributed by atoms with van der Waals surface area (Å²) in [4.78, 5) is 0. The van der Waals surface area contributed by atoms with Crippen molar-refractivity contribution in [1.29, 1.82) is 0 Å². The van der Waals surface area contributed by atoms with Crippen LogP contribution in [0, 0.1) is 0 Å². The Bertz CT molecular complexity index is 152. The van der Waals surface area contributed by atoms with Crippen LogP contribution in [0.4, 0.5) is 0 Å². The zero-order valence-corrected chi connectivity index (χ0v) is 4.80. The van der Waals surface area contributed by atoms with Crippen molar-refractivity contribution in [3.63, 3.8) is 0 Å². The number of hydrogen-bond acceptors (Lipinski definition) is 0. The summed E-state index contributed by atoms with van der Waals surface area (Å²) in [5.74, 6) is 0. The summed E-state index contributed by atoms with van der Waals surface area (Å²) in [7, 11) is 0. The van der Waals surface area contributed by atoms with Crippen LogP contribution in [0.2, 0.25) is 0 Å². The van der Waals surface area contributed by atoms with Crippen molar-refractivity contribution >= 4 is 0 Å². The van der Waals surface area contributed by atoms with E-state index in [1.807, 2.05) is 24.3 Å². The normalized spacial score (nSPS) is 17.9. The fourth-order valence-corrected chi connectivity index (χ4v) is 0.622. The molecule has 0 aromatic rings. The second-order valence-electron chi connectivity index (χ2n) is 1.84.